The standard InChI is InChI=1S/C23H24FN3O2/c1-4-13-29-20-11-9-18(10-12-20)23(28)26-25-15-19-14-16(2)27(17(19)3)22-8-6-5-7-21(22)24/h5-12,14-15H,4,13H2,1-3H3,(H,26,28)/b25-15-. The lowest BCUT2D eigenvalue weighted by molar-refractivity contribution is 0.0955. The van der Waals surface area contributed by atoms with E-state index in [1.807, 2.05) is 31.4 Å². The Balaban J connectivity index is 1.70. The van der Waals surface area contributed by atoms with Crippen molar-refractivity contribution >= 4 is 12.1 Å². The Morgan fingerprint density at radius 1 is 1.17 bits per heavy atom. The quantitative estimate of drug-likeness (QED) is 0.464. The summed E-state index contributed by atoms with van der Waals surface area (Å²) < 4.78 is 21.5. The van der Waals surface area contributed by atoms with E-state index in [0.29, 0.717) is 17.9 Å². The minimum absolute atomic E-state index is 0.294. The fourth-order valence-corrected chi connectivity index (χ4v) is 3.07. The summed E-state index contributed by atoms with van der Waals surface area (Å²) in [4.78, 5) is 12.3. The van der Waals surface area contributed by atoms with E-state index < -0.39 is 0 Å². The van der Waals surface area contributed by atoms with Gasteiger partial charge in [0.15, 0.2) is 0 Å². The van der Waals surface area contributed by atoms with Crippen molar-refractivity contribution in [2.75, 3.05) is 6.61 Å². The van der Waals surface area contributed by atoms with E-state index in [1.165, 1.54) is 6.07 Å². The molecule has 0 atom stereocenters. The van der Waals surface area contributed by atoms with Crippen molar-refractivity contribution in [1.29, 1.82) is 0 Å². The van der Waals surface area contributed by atoms with Gasteiger partial charge in [0.05, 0.1) is 18.5 Å². The van der Waals surface area contributed by atoms with Gasteiger partial charge in [-0.05, 0) is 62.7 Å². The Labute approximate surface area is 169 Å². The van der Waals surface area contributed by atoms with Crippen LogP contribution < -0.4 is 10.2 Å². The summed E-state index contributed by atoms with van der Waals surface area (Å²) in [5.41, 5.74) is 6.01. The van der Waals surface area contributed by atoms with E-state index >= 15 is 0 Å². The first kappa shape index (κ1) is 20.3. The molecular weight excluding hydrogens is 369 g/mol. The maximum Gasteiger partial charge on any atom is 0.271 e. The zero-order valence-corrected chi connectivity index (χ0v) is 16.8. The van der Waals surface area contributed by atoms with Gasteiger partial charge in [-0.25, -0.2) is 9.82 Å². The monoisotopic (exact) mass is 393 g/mol. The van der Waals surface area contributed by atoms with Crippen LogP contribution in [0.3, 0.4) is 0 Å². The maximum atomic E-state index is 14.2. The van der Waals surface area contributed by atoms with Gasteiger partial charge in [-0.3, -0.25) is 4.79 Å². The van der Waals surface area contributed by atoms with Gasteiger partial charge in [-0.15, -0.1) is 0 Å². The second kappa shape index (κ2) is 9.19. The van der Waals surface area contributed by atoms with Gasteiger partial charge >= 0.3 is 0 Å². The minimum atomic E-state index is -0.314. The van der Waals surface area contributed by atoms with Gasteiger partial charge in [-0.2, -0.15) is 5.10 Å². The number of hydrazone groups is 1. The van der Waals surface area contributed by atoms with E-state index in [0.717, 1.165) is 29.1 Å². The molecule has 6 heteroatoms. The van der Waals surface area contributed by atoms with Crippen molar-refractivity contribution in [3.8, 4) is 11.4 Å². The number of rotatable bonds is 7. The average molecular weight is 393 g/mol. The van der Waals surface area contributed by atoms with E-state index in [-0.39, 0.29) is 11.7 Å². The van der Waals surface area contributed by atoms with Crippen LogP contribution in [0.25, 0.3) is 5.69 Å². The van der Waals surface area contributed by atoms with Crippen LogP contribution >= 0.6 is 0 Å². The molecule has 0 spiro atoms. The third-order valence-electron chi connectivity index (χ3n) is 4.52. The molecule has 3 aromatic rings. The molecule has 1 heterocycles. The topological polar surface area (TPSA) is 55.6 Å². The fourth-order valence-electron chi connectivity index (χ4n) is 3.07. The smallest absolute Gasteiger partial charge is 0.271 e. The first-order valence-electron chi connectivity index (χ1n) is 9.51. The third kappa shape index (κ3) is 4.71. The lowest BCUT2D eigenvalue weighted by Gasteiger charge is -2.10. The first-order valence-corrected chi connectivity index (χ1v) is 9.51. The van der Waals surface area contributed by atoms with Gasteiger partial charge in [0.1, 0.15) is 11.6 Å². The SMILES string of the molecule is CCCOc1ccc(C(=O)N/N=C\c2cc(C)n(-c3ccccc3F)c2C)cc1. The molecule has 0 aliphatic carbocycles. The van der Waals surface area contributed by atoms with Gasteiger partial charge in [0.2, 0.25) is 0 Å². The predicted octanol–water partition coefficient (Wildman–Crippen LogP) is 4.79. The molecule has 0 aliphatic rings. The van der Waals surface area contributed by atoms with Crippen LogP contribution in [-0.4, -0.2) is 23.3 Å². The number of carbonyl (C=O) groups excluding carboxylic acids is 1. The van der Waals surface area contributed by atoms with Crippen LogP contribution in [0, 0.1) is 19.7 Å². The molecular formula is C23H24FN3O2. The van der Waals surface area contributed by atoms with Crippen molar-refractivity contribution in [2.45, 2.75) is 27.2 Å². The minimum Gasteiger partial charge on any atom is -0.494 e. The summed E-state index contributed by atoms with van der Waals surface area (Å²) in [5.74, 6) is 0.121. The summed E-state index contributed by atoms with van der Waals surface area (Å²) in [6, 6.07) is 15.4. The molecule has 0 radical (unpaired) electrons. The Bertz CT molecular complexity index is 1020. The number of nitrogens with one attached hydrogen (secondary N) is 1. The molecule has 0 unspecified atom stereocenters. The maximum absolute atomic E-state index is 14.2. The number of aromatic nitrogens is 1. The van der Waals surface area contributed by atoms with Crippen LogP contribution in [0.4, 0.5) is 4.39 Å². The molecule has 0 saturated carbocycles. The molecule has 1 amide bonds. The van der Waals surface area contributed by atoms with E-state index in [9.17, 15) is 9.18 Å². The van der Waals surface area contributed by atoms with E-state index in [1.54, 1.807) is 48.7 Å². The molecule has 0 fully saturated rings. The Morgan fingerprint density at radius 3 is 2.59 bits per heavy atom. The lowest BCUT2D eigenvalue weighted by Crippen LogP contribution is -2.17. The highest BCUT2D eigenvalue weighted by molar-refractivity contribution is 5.95. The molecule has 5 nitrogen and oxygen atoms in total. The van der Waals surface area contributed by atoms with E-state index in [2.05, 4.69) is 10.5 Å². The Kier molecular flexibility index (Phi) is 6.44. The van der Waals surface area contributed by atoms with Crippen LogP contribution in [0.15, 0.2) is 59.7 Å². The number of hydrogen-bond acceptors (Lipinski definition) is 3. The number of halogens is 1. The average Bonchev–Trinajstić information content (AvgIpc) is 3.00. The van der Waals surface area contributed by atoms with E-state index in [4.69, 9.17) is 4.74 Å². The Morgan fingerprint density at radius 2 is 1.90 bits per heavy atom. The normalized spacial score (nSPS) is 11.0. The number of carbonyl (C=O) groups is 1. The van der Waals surface area contributed by atoms with Crippen molar-refractivity contribution in [3.63, 3.8) is 0 Å². The molecule has 0 saturated heterocycles. The van der Waals surface area contributed by atoms with Gasteiger partial charge < -0.3 is 9.30 Å². The van der Waals surface area contributed by atoms with Crippen LogP contribution in [-0.2, 0) is 0 Å². The van der Waals surface area contributed by atoms with Crippen LogP contribution in [0.1, 0.15) is 40.7 Å². The van der Waals surface area contributed by atoms with Crippen LogP contribution in [0.5, 0.6) is 5.75 Å². The summed E-state index contributed by atoms with van der Waals surface area (Å²) in [5, 5.41) is 4.06. The lowest BCUT2D eigenvalue weighted by atomic mass is 10.2. The van der Waals surface area contributed by atoms with Crippen molar-refractivity contribution in [1.82, 2.24) is 9.99 Å². The van der Waals surface area contributed by atoms with Crippen molar-refractivity contribution < 1.29 is 13.9 Å². The predicted molar refractivity (Wildman–Crippen MR) is 112 cm³/mol. The summed E-state index contributed by atoms with van der Waals surface area (Å²) in [6.07, 6.45) is 2.49. The number of aryl methyl sites for hydroxylation is 1. The molecule has 2 aromatic carbocycles. The number of ether oxygens (including phenoxy) is 1. The number of para-hydroxylation sites is 1. The molecule has 0 bridgehead atoms. The number of hydrogen-bond donors (Lipinski definition) is 1. The molecule has 0 aliphatic heterocycles. The highest BCUT2D eigenvalue weighted by Gasteiger charge is 2.12. The first-order chi connectivity index (χ1) is 14.0. The largest absolute Gasteiger partial charge is 0.494 e. The fraction of sp³-hybridized carbons (Fsp3) is 0.217. The molecule has 3 rings (SSSR count). The van der Waals surface area contributed by atoms with Gasteiger partial charge in [0, 0.05) is 22.5 Å². The van der Waals surface area contributed by atoms with Crippen molar-refractivity contribution in [2.24, 2.45) is 5.10 Å². The highest BCUT2D eigenvalue weighted by Crippen LogP contribution is 2.21. The molecule has 150 valence electrons. The van der Waals surface area contributed by atoms with Crippen LogP contribution in [0.2, 0.25) is 0 Å². The number of amides is 1. The van der Waals surface area contributed by atoms with Gasteiger partial charge in [0.25, 0.3) is 5.91 Å². The summed E-state index contributed by atoms with van der Waals surface area (Å²) in [6.45, 7) is 6.46. The third-order valence-corrected chi connectivity index (χ3v) is 4.52. The Hall–Kier alpha value is -3.41. The molecule has 1 N–H and O–H groups in total. The zero-order valence-electron chi connectivity index (χ0n) is 16.8. The van der Waals surface area contributed by atoms with Crippen molar-refractivity contribution in [3.05, 3.63) is 82.9 Å². The highest BCUT2D eigenvalue weighted by atomic mass is 19.1. The number of nitrogens with zero attached hydrogens (tertiary/aromatic N) is 2. The summed E-state index contributed by atoms with van der Waals surface area (Å²) >= 11 is 0. The molecule has 29 heavy (non-hydrogen) atoms. The second-order valence-corrected chi connectivity index (χ2v) is 6.69. The molecule has 1 aromatic heterocycles. The second-order valence-electron chi connectivity index (χ2n) is 6.69. The zero-order chi connectivity index (χ0) is 20.8. The van der Waals surface area contributed by atoms with Gasteiger partial charge in [-0.1, -0.05) is 19.1 Å². The summed E-state index contributed by atoms with van der Waals surface area (Å²) in [7, 11) is 0. The number of benzene rings is 2.